The number of hydrogen-bond acceptors (Lipinski definition) is 6. The molecule has 3 atom stereocenters. The quantitative estimate of drug-likeness (QED) is 0.446. The molecule has 1 aliphatic heterocycles. The molecular weight excluding hydrogens is 374 g/mol. The maximum Gasteiger partial charge on any atom is 0.308 e. The van der Waals surface area contributed by atoms with Crippen molar-refractivity contribution in [3.8, 4) is 6.07 Å². The van der Waals surface area contributed by atoms with Crippen molar-refractivity contribution in [1.82, 2.24) is 4.90 Å². The van der Waals surface area contributed by atoms with Crippen molar-refractivity contribution < 1.29 is 23.9 Å². The van der Waals surface area contributed by atoms with Gasteiger partial charge in [-0.2, -0.15) is 5.26 Å². The summed E-state index contributed by atoms with van der Waals surface area (Å²) in [6.07, 6.45) is 3.64. The molecule has 2 aliphatic rings. The number of imide groups is 1. The number of esters is 1. The number of carbonyl (C=O) groups excluding carboxylic acids is 4. The number of hydrogen-bond donors (Lipinski definition) is 1. The van der Waals surface area contributed by atoms with Gasteiger partial charge in [0.1, 0.15) is 0 Å². The molecule has 1 aliphatic carbocycles. The van der Waals surface area contributed by atoms with Crippen molar-refractivity contribution in [2.24, 2.45) is 11.8 Å². The fourth-order valence-electron chi connectivity index (χ4n) is 3.51. The van der Waals surface area contributed by atoms with E-state index in [4.69, 9.17) is 10.00 Å². The van der Waals surface area contributed by atoms with Crippen molar-refractivity contribution in [3.05, 3.63) is 42.0 Å². The monoisotopic (exact) mass is 395 g/mol. The zero-order valence-corrected chi connectivity index (χ0v) is 16.0. The Labute approximate surface area is 168 Å². The number of benzene rings is 1. The highest BCUT2D eigenvalue weighted by Gasteiger charge is 2.47. The van der Waals surface area contributed by atoms with Crippen molar-refractivity contribution in [1.29, 1.82) is 5.26 Å². The fourth-order valence-corrected chi connectivity index (χ4v) is 3.51. The molecular formula is C21H21N3O5. The zero-order valence-electron chi connectivity index (χ0n) is 16.0. The molecule has 150 valence electrons. The molecule has 0 bridgehead atoms. The molecule has 0 saturated carbocycles. The van der Waals surface area contributed by atoms with E-state index in [1.165, 1.54) is 13.0 Å². The summed E-state index contributed by atoms with van der Waals surface area (Å²) < 4.78 is 5.11. The number of rotatable bonds is 6. The van der Waals surface area contributed by atoms with Crippen molar-refractivity contribution in [2.45, 2.75) is 32.3 Å². The summed E-state index contributed by atoms with van der Waals surface area (Å²) in [5, 5.41) is 11.5. The molecule has 0 aromatic heterocycles. The number of nitriles is 1. The van der Waals surface area contributed by atoms with E-state index in [-0.39, 0.29) is 36.6 Å². The summed E-state index contributed by atoms with van der Waals surface area (Å²) in [4.78, 5) is 50.2. The van der Waals surface area contributed by atoms with E-state index in [2.05, 4.69) is 5.32 Å². The molecule has 0 radical (unpaired) electrons. The van der Waals surface area contributed by atoms with Gasteiger partial charge in [-0.15, -0.1) is 0 Å². The molecule has 1 saturated heterocycles. The molecule has 0 spiro atoms. The molecule has 3 rings (SSSR count). The molecule has 1 fully saturated rings. The van der Waals surface area contributed by atoms with Crippen molar-refractivity contribution in [2.75, 3.05) is 11.9 Å². The van der Waals surface area contributed by atoms with E-state index in [0.717, 1.165) is 4.90 Å². The van der Waals surface area contributed by atoms with Gasteiger partial charge >= 0.3 is 5.97 Å². The first-order valence-corrected chi connectivity index (χ1v) is 9.41. The van der Waals surface area contributed by atoms with E-state index in [9.17, 15) is 19.2 Å². The number of fused-ring (bicyclic) bond motifs is 1. The first-order valence-electron chi connectivity index (χ1n) is 9.41. The van der Waals surface area contributed by atoms with Crippen molar-refractivity contribution >= 4 is 29.4 Å². The van der Waals surface area contributed by atoms with Crippen LogP contribution in [0.15, 0.2) is 36.4 Å². The Morgan fingerprint density at radius 3 is 2.52 bits per heavy atom. The normalized spacial score (nSPS) is 21.3. The van der Waals surface area contributed by atoms with Crippen LogP contribution >= 0.6 is 0 Å². The highest BCUT2D eigenvalue weighted by Crippen LogP contribution is 2.35. The third-order valence-corrected chi connectivity index (χ3v) is 5.08. The molecule has 1 aromatic carbocycles. The largest absolute Gasteiger partial charge is 0.452 e. The number of anilines is 1. The molecule has 8 heteroatoms. The number of ether oxygens (including phenoxy) is 1. The minimum atomic E-state index is -1.06. The Morgan fingerprint density at radius 2 is 1.90 bits per heavy atom. The standard InChI is InChI=1S/C21H21N3O5/c1-13(19(26)23-15-6-4-5-14(11-15)12-22)29-18(25)9-10-24-20(27)16-7-2-3-8-17(16)21(24)28/h2-6,11,13,16-17H,7-10H2,1H3,(H,23,26)/t13-,16+,17+/m0/s1. The van der Waals surface area contributed by atoms with E-state index >= 15 is 0 Å². The third-order valence-electron chi connectivity index (χ3n) is 5.08. The summed E-state index contributed by atoms with van der Waals surface area (Å²) in [5.41, 5.74) is 0.810. The molecule has 1 N–H and O–H groups in total. The van der Waals surface area contributed by atoms with Gasteiger partial charge in [0, 0.05) is 12.2 Å². The minimum Gasteiger partial charge on any atom is -0.452 e. The van der Waals surface area contributed by atoms with Crippen LogP contribution in [0.3, 0.4) is 0 Å². The minimum absolute atomic E-state index is 0.0535. The zero-order chi connectivity index (χ0) is 21.0. The van der Waals surface area contributed by atoms with Crippen LogP contribution in [0.4, 0.5) is 5.69 Å². The second-order valence-electron chi connectivity index (χ2n) is 7.05. The Kier molecular flexibility index (Phi) is 6.07. The lowest BCUT2D eigenvalue weighted by atomic mass is 9.85. The predicted octanol–water partition coefficient (Wildman–Crippen LogP) is 1.77. The van der Waals surface area contributed by atoms with Crippen LogP contribution in [0.25, 0.3) is 0 Å². The average molecular weight is 395 g/mol. The van der Waals surface area contributed by atoms with Crippen LogP contribution in [-0.4, -0.2) is 41.2 Å². The summed E-state index contributed by atoms with van der Waals surface area (Å²) in [6, 6.07) is 8.32. The van der Waals surface area contributed by atoms with Gasteiger partial charge < -0.3 is 10.1 Å². The first kappa shape index (κ1) is 20.3. The lowest BCUT2D eigenvalue weighted by Crippen LogP contribution is -2.35. The van der Waals surface area contributed by atoms with Gasteiger partial charge in [0.15, 0.2) is 6.10 Å². The second-order valence-corrected chi connectivity index (χ2v) is 7.05. The van der Waals surface area contributed by atoms with Crippen LogP contribution in [0.2, 0.25) is 0 Å². The van der Waals surface area contributed by atoms with Crippen LogP contribution in [0.5, 0.6) is 0 Å². The summed E-state index contributed by atoms with van der Waals surface area (Å²) >= 11 is 0. The molecule has 3 amide bonds. The van der Waals surface area contributed by atoms with Gasteiger partial charge in [0.2, 0.25) is 11.8 Å². The third kappa shape index (κ3) is 4.51. The fraction of sp³-hybridized carbons (Fsp3) is 0.381. The number of nitrogens with zero attached hydrogens (tertiary/aromatic N) is 2. The SMILES string of the molecule is C[C@H](OC(=O)CCN1C(=O)[C@@H]2CC=CC[C@H]2C1=O)C(=O)Nc1cccc(C#N)c1. The van der Waals surface area contributed by atoms with Gasteiger partial charge in [-0.3, -0.25) is 24.1 Å². The molecule has 0 unspecified atom stereocenters. The van der Waals surface area contributed by atoms with E-state index < -0.39 is 18.0 Å². The maximum atomic E-state index is 12.4. The molecule has 1 heterocycles. The van der Waals surface area contributed by atoms with Crippen LogP contribution in [0.1, 0.15) is 31.7 Å². The van der Waals surface area contributed by atoms with Gasteiger partial charge in [0.25, 0.3) is 5.91 Å². The van der Waals surface area contributed by atoms with Crippen LogP contribution in [0, 0.1) is 23.2 Å². The summed E-state index contributed by atoms with van der Waals surface area (Å²) in [7, 11) is 0. The number of carbonyl (C=O) groups is 4. The highest BCUT2D eigenvalue weighted by atomic mass is 16.5. The van der Waals surface area contributed by atoms with Crippen LogP contribution < -0.4 is 5.32 Å². The average Bonchev–Trinajstić information content (AvgIpc) is 2.97. The van der Waals surface area contributed by atoms with Gasteiger partial charge in [-0.25, -0.2) is 0 Å². The summed E-state index contributed by atoms with van der Waals surface area (Å²) in [5.74, 6) is -2.39. The Balaban J connectivity index is 1.49. The number of nitrogens with one attached hydrogen (secondary N) is 1. The lowest BCUT2D eigenvalue weighted by Gasteiger charge is -2.16. The predicted molar refractivity (Wildman–Crippen MR) is 102 cm³/mol. The lowest BCUT2D eigenvalue weighted by molar-refractivity contribution is -0.154. The first-order chi connectivity index (χ1) is 13.9. The summed E-state index contributed by atoms with van der Waals surface area (Å²) in [6.45, 7) is 1.37. The maximum absolute atomic E-state index is 12.4. The molecule has 29 heavy (non-hydrogen) atoms. The van der Waals surface area contributed by atoms with E-state index in [1.54, 1.807) is 18.2 Å². The van der Waals surface area contributed by atoms with Gasteiger partial charge in [0.05, 0.1) is 29.9 Å². The molecule has 8 nitrogen and oxygen atoms in total. The van der Waals surface area contributed by atoms with Gasteiger partial charge in [-0.1, -0.05) is 18.2 Å². The van der Waals surface area contributed by atoms with E-state index in [0.29, 0.717) is 24.1 Å². The topological polar surface area (TPSA) is 117 Å². The van der Waals surface area contributed by atoms with E-state index in [1.807, 2.05) is 18.2 Å². The van der Waals surface area contributed by atoms with Crippen LogP contribution in [-0.2, 0) is 23.9 Å². The highest BCUT2D eigenvalue weighted by molar-refractivity contribution is 6.05. The molecule has 1 aromatic rings. The van der Waals surface area contributed by atoms with Gasteiger partial charge in [-0.05, 0) is 38.0 Å². The number of allylic oxidation sites excluding steroid dienone is 2. The second kappa shape index (κ2) is 8.69. The Bertz CT molecular complexity index is 891. The Morgan fingerprint density at radius 1 is 1.24 bits per heavy atom. The Hall–Kier alpha value is -3.47. The smallest absolute Gasteiger partial charge is 0.308 e. The number of amides is 3. The van der Waals surface area contributed by atoms with Crippen molar-refractivity contribution in [3.63, 3.8) is 0 Å². The number of likely N-dealkylation sites (tertiary alicyclic amines) is 1.